The minimum Gasteiger partial charge on any atom is -1.00 e. The number of unbranched alkanes of at least 4 members (excludes halogenated alkanes) is 19. The molecule has 0 aliphatic rings. The average molecular weight is 592 g/mol. The molecule has 40 heavy (non-hydrogen) atoms. The number of nitrogens with zero attached hydrogens (tertiary/aromatic N) is 1. The fraction of sp³-hybridized carbons (Fsp3) is 1.00. The molecule has 0 spiro atoms. The zero-order chi connectivity index (χ0) is 29.1. The summed E-state index contributed by atoms with van der Waals surface area (Å²) in [5, 5.41) is 0. The molecule has 0 fully saturated rings. The molecule has 0 aliphatic carbocycles. The SMILES string of the molecule is CCCCCCCCCCCCCCCC[N+](C)(C)CCCC(CCCCCCCCC)C(OC)(OC)OC.[Cl-]. The van der Waals surface area contributed by atoms with Crippen LogP contribution in [0.15, 0.2) is 0 Å². The Balaban J connectivity index is 0. The largest absolute Gasteiger partial charge is 1.00 e. The number of halogens is 1. The van der Waals surface area contributed by atoms with E-state index in [1.807, 2.05) is 0 Å². The van der Waals surface area contributed by atoms with E-state index < -0.39 is 5.97 Å². The Labute approximate surface area is 259 Å². The standard InChI is InChI=1S/C35H74NO3.ClH/c1-8-10-12-14-16-17-18-19-20-21-22-24-26-28-32-36(3,4)33-29-31-34(35(37-5,38-6)39-7)30-27-25-23-15-13-11-9-2;/h34H,8-33H2,1-7H3;1H/q+1;/p-1. The van der Waals surface area contributed by atoms with Gasteiger partial charge in [-0.25, -0.2) is 0 Å². The van der Waals surface area contributed by atoms with Crippen LogP contribution >= 0.6 is 0 Å². The molecule has 0 saturated carbocycles. The summed E-state index contributed by atoms with van der Waals surface area (Å²) in [6, 6.07) is 0. The van der Waals surface area contributed by atoms with E-state index >= 15 is 0 Å². The molecule has 0 amide bonds. The molecule has 0 aromatic rings. The van der Waals surface area contributed by atoms with Crippen LogP contribution in [0.1, 0.15) is 168 Å². The van der Waals surface area contributed by atoms with Gasteiger partial charge in [-0.15, -0.1) is 0 Å². The minimum absolute atomic E-state index is 0. The molecule has 1 unspecified atom stereocenters. The number of hydrogen-bond donors (Lipinski definition) is 0. The van der Waals surface area contributed by atoms with Gasteiger partial charge in [0.15, 0.2) is 0 Å². The first-order chi connectivity index (χ1) is 18.9. The first-order valence-electron chi connectivity index (χ1n) is 17.4. The summed E-state index contributed by atoms with van der Waals surface area (Å²) >= 11 is 0. The molecule has 5 heteroatoms. The third-order valence-corrected chi connectivity index (χ3v) is 8.94. The molecule has 1 atom stereocenters. The van der Waals surface area contributed by atoms with Gasteiger partial charge in [0.25, 0.3) is 5.97 Å². The van der Waals surface area contributed by atoms with E-state index in [1.54, 1.807) is 21.3 Å². The minimum atomic E-state index is -0.909. The molecule has 0 aromatic heterocycles. The molecular formula is C35H74ClNO3. The lowest BCUT2D eigenvalue weighted by Gasteiger charge is -2.37. The van der Waals surface area contributed by atoms with Gasteiger partial charge < -0.3 is 31.1 Å². The highest BCUT2D eigenvalue weighted by Crippen LogP contribution is 2.32. The second-order valence-corrected chi connectivity index (χ2v) is 12.9. The van der Waals surface area contributed by atoms with Gasteiger partial charge in [0, 0.05) is 27.2 Å². The Morgan fingerprint density at radius 3 is 1.12 bits per heavy atom. The van der Waals surface area contributed by atoms with Crippen molar-refractivity contribution >= 4 is 0 Å². The fourth-order valence-electron chi connectivity index (χ4n) is 6.21. The van der Waals surface area contributed by atoms with Crippen molar-refractivity contribution in [3.63, 3.8) is 0 Å². The Hall–Kier alpha value is 0.130. The normalized spacial score (nSPS) is 13.0. The Kier molecular flexibility index (Phi) is 30.9. The van der Waals surface area contributed by atoms with Crippen molar-refractivity contribution in [2.75, 3.05) is 48.5 Å². The van der Waals surface area contributed by atoms with Crippen LogP contribution in [0, 0.1) is 5.92 Å². The third-order valence-electron chi connectivity index (χ3n) is 8.94. The fourth-order valence-corrected chi connectivity index (χ4v) is 6.21. The van der Waals surface area contributed by atoms with E-state index in [2.05, 4.69) is 27.9 Å². The van der Waals surface area contributed by atoms with Crippen molar-refractivity contribution in [2.24, 2.45) is 5.92 Å². The summed E-state index contributed by atoms with van der Waals surface area (Å²) in [7, 11) is 9.98. The topological polar surface area (TPSA) is 27.7 Å². The zero-order valence-corrected chi connectivity index (χ0v) is 29.3. The highest BCUT2D eigenvalue weighted by molar-refractivity contribution is 4.72. The van der Waals surface area contributed by atoms with E-state index in [-0.39, 0.29) is 18.3 Å². The highest BCUT2D eigenvalue weighted by Gasteiger charge is 2.39. The van der Waals surface area contributed by atoms with E-state index in [4.69, 9.17) is 14.2 Å². The molecule has 0 saturated heterocycles. The van der Waals surface area contributed by atoms with Crippen molar-refractivity contribution in [1.82, 2.24) is 0 Å². The number of rotatable bonds is 31. The first-order valence-corrected chi connectivity index (χ1v) is 17.4. The number of methoxy groups -OCH3 is 3. The van der Waals surface area contributed by atoms with Crippen LogP contribution in [0.5, 0.6) is 0 Å². The monoisotopic (exact) mass is 592 g/mol. The van der Waals surface area contributed by atoms with Crippen molar-refractivity contribution in [2.45, 2.75) is 174 Å². The quantitative estimate of drug-likeness (QED) is 0.0470. The zero-order valence-electron chi connectivity index (χ0n) is 28.5. The van der Waals surface area contributed by atoms with Crippen molar-refractivity contribution in [3.05, 3.63) is 0 Å². The summed E-state index contributed by atoms with van der Waals surface area (Å²) in [4.78, 5) is 0. The predicted molar refractivity (Wildman–Crippen MR) is 171 cm³/mol. The number of quaternary nitrogens is 1. The molecule has 244 valence electrons. The Morgan fingerprint density at radius 2 is 0.750 bits per heavy atom. The van der Waals surface area contributed by atoms with Gasteiger partial charge in [0.05, 0.1) is 27.2 Å². The molecule has 0 aromatic carbocycles. The molecule has 0 radical (unpaired) electrons. The van der Waals surface area contributed by atoms with Gasteiger partial charge in [0.1, 0.15) is 0 Å². The first kappa shape index (κ1) is 42.3. The van der Waals surface area contributed by atoms with E-state index in [9.17, 15) is 0 Å². The summed E-state index contributed by atoms with van der Waals surface area (Å²) in [5.74, 6) is -0.636. The Morgan fingerprint density at radius 1 is 0.450 bits per heavy atom. The van der Waals surface area contributed by atoms with Crippen LogP contribution in [-0.4, -0.2) is 59.0 Å². The van der Waals surface area contributed by atoms with Crippen LogP contribution in [0.4, 0.5) is 0 Å². The highest BCUT2D eigenvalue weighted by atomic mass is 35.5. The maximum atomic E-state index is 5.80. The van der Waals surface area contributed by atoms with Gasteiger partial charge in [-0.3, -0.25) is 0 Å². The second kappa shape index (κ2) is 29.2. The predicted octanol–water partition coefficient (Wildman–Crippen LogP) is 7.68. The summed E-state index contributed by atoms with van der Waals surface area (Å²) in [6.45, 7) is 7.07. The van der Waals surface area contributed by atoms with Crippen molar-refractivity contribution in [1.29, 1.82) is 0 Å². The van der Waals surface area contributed by atoms with Crippen LogP contribution in [-0.2, 0) is 14.2 Å². The lowest BCUT2D eigenvalue weighted by atomic mass is 9.92. The second-order valence-electron chi connectivity index (χ2n) is 12.9. The molecule has 4 nitrogen and oxygen atoms in total. The number of hydrogen-bond acceptors (Lipinski definition) is 3. The summed E-state index contributed by atoms with van der Waals surface area (Å²) in [5.41, 5.74) is 0. The summed E-state index contributed by atoms with van der Waals surface area (Å²) < 4.78 is 18.5. The molecule has 0 aliphatic heterocycles. The van der Waals surface area contributed by atoms with Crippen LogP contribution < -0.4 is 12.4 Å². The van der Waals surface area contributed by atoms with Crippen LogP contribution in [0.25, 0.3) is 0 Å². The molecule has 0 heterocycles. The Bertz CT molecular complexity index is 491. The smallest absolute Gasteiger partial charge is 0.285 e. The van der Waals surface area contributed by atoms with E-state index in [1.165, 1.54) is 154 Å². The van der Waals surface area contributed by atoms with E-state index in [0.29, 0.717) is 0 Å². The molecule has 0 N–H and O–H groups in total. The number of ether oxygens (including phenoxy) is 3. The molecule has 0 rings (SSSR count). The molecular weight excluding hydrogens is 518 g/mol. The lowest BCUT2D eigenvalue weighted by molar-refractivity contribution is -0.890. The van der Waals surface area contributed by atoms with Gasteiger partial charge in [-0.1, -0.05) is 136 Å². The molecule has 0 bridgehead atoms. The lowest BCUT2D eigenvalue weighted by Crippen LogP contribution is -3.00. The van der Waals surface area contributed by atoms with Gasteiger partial charge in [-0.05, 0) is 32.1 Å². The van der Waals surface area contributed by atoms with Gasteiger partial charge in [-0.2, -0.15) is 0 Å². The summed E-state index contributed by atoms with van der Waals surface area (Å²) in [6.07, 6.45) is 32.7. The van der Waals surface area contributed by atoms with Crippen LogP contribution in [0.3, 0.4) is 0 Å². The van der Waals surface area contributed by atoms with Gasteiger partial charge in [0.2, 0.25) is 0 Å². The van der Waals surface area contributed by atoms with Gasteiger partial charge >= 0.3 is 0 Å². The van der Waals surface area contributed by atoms with Crippen molar-refractivity contribution < 1.29 is 31.1 Å². The van der Waals surface area contributed by atoms with Crippen molar-refractivity contribution in [3.8, 4) is 0 Å². The maximum Gasteiger partial charge on any atom is 0.285 e. The van der Waals surface area contributed by atoms with Crippen LogP contribution in [0.2, 0.25) is 0 Å². The van der Waals surface area contributed by atoms with E-state index in [0.717, 1.165) is 17.3 Å². The average Bonchev–Trinajstić information content (AvgIpc) is 2.93. The maximum absolute atomic E-state index is 5.80. The third kappa shape index (κ3) is 22.7.